The third-order valence-corrected chi connectivity index (χ3v) is 5.78. The fourth-order valence-corrected chi connectivity index (χ4v) is 4.32. The van der Waals surface area contributed by atoms with Crippen LogP contribution in [0.2, 0.25) is 0 Å². The van der Waals surface area contributed by atoms with Crippen molar-refractivity contribution in [1.82, 2.24) is 10.2 Å². The highest BCUT2D eigenvalue weighted by Crippen LogP contribution is 2.24. The maximum absolute atomic E-state index is 12.2. The number of carbonyl (C=O) groups excluding carboxylic acids is 1. The number of thiophene rings is 1. The number of hydrogen-bond donors (Lipinski definition) is 1. The molecule has 0 aromatic carbocycles. The van der Waals surface area contributed by atoms with Gasteiger partial charge < -0.3 is 10.2 Å². The first-order valence-electron chi connectivity index (χ1n) is 7.91. The number of rotatable bonds is 7. The zero-order valence-corrected chi connectivity index (χ0v) is 15.1. The highest BCUT2D eigenvalue weighted by Gasteiger charge is 2.21. The largest absolute Gasteiger partial charge is 0.343 e. The standard InChI is InChI=1S/C16H25BrN2OS/c1-2-18-12-13-8-10-19(11-9-13)16(20)5-3-4-14-6-7-15(17)21-14/h6-7,13,18H,2-5,8-12H2,1H3. The summed E-state index contributed by atoms with van der Waals surface area (Å²) in [5.41, 5.74) is 0. The van der Waals surface area contributed by atoms with Gasteiger partial charge >= 0.3 is 0 Å². The molecule has 2 heterocycles. The maximum atomic E-state index is 12.2. The van der Waals surface area contributed by atoms with E-state index >= 15 is 0 Å². The van der Waals surface area contributed by atoms with Crippen LogP contribution in [-0.4, -0.2) is 37.0 Å². The number of aryl methyl sites for hydroxylation is 1. The van der Waals surface area contributed by atoms with Crippen molar-refractivity contribution in [2.45, 2.75) is 39.0 Å². The number of hydrogen-bond acceptors (Lipinski definition) is 3. The zero-order chi connectivity index (χ0) is 15.1. The monoisotopic (exact) mass is 372 g/mol. The Morgan fingerprint density at radius 1 is 1.43 bits per heavy atom. The molecule has 0 spiro atoms. The molecule has 1 aromatic heterocycles. The van der Waals surface area contributed by atoms with E-state index in [1.807, 2.05) is 0 Å². The van der Waals surface area contributed by atoms with Crippen molar-refractivity contribution in [2.75, 3.05) is 26.2 Å². The van der Waals surface area contributed by atoms with Crippen molar-refractivity contribution in [3.05, 3.63) is 20.8 Å². The molecule has 118 valence electrons. The lowest BCUT2D eigenvalue weighted by atomic mass is 9.96. The molecule has 5 heteroatoms. The van der Waals surface area contributed by atoms with Crippen molar-refractivity contribution in [3.8, 4) is 0 Å². The predicted molar refractivity (Wildman–Crippen MR) is 92.8 cm³/mol. The van der Waals surface area contributed by atoms with Crippen LogP contribution in [0.4, 0.5) is 0 Å². The summed E-state index contributed by atoms with van der Waals surface area (Å²) >= 11 is 5.24. The molecule has 1 aromatic rings. The first-order valence-corrected chi connectivity index (χ1v) is 9.52. The summed E-state index contributed by atoms with van der Waals surface area (Å²) in [6.45, 7) is 6.17. The molecule has 0 bridgehead atoms. The molecule has 1 amide bonds. The van der Waals surface area contributed by atoms with Gasteiger partial charge in [0.2, 0.25) is 5.91 Å². The normalized spacial score (nSPS) is 16.4. The minimum absolute atomic E-state index is 0.340. The Labute approximate surface area is 140 Å². The van der Waals surface area contributed by atoms with E-state index in [9.17, 15) is 4.79 Å². The molecule has 1 aliphatic heterocycles. The van der Waals surface area contributed by atoms with Crippen LogP contribution in [0.5, 0.6) is 0 Å². The van der Waals surface area contributed by atoms with Gasteiger partial charge in [-0.15, -0.1) is 11.3 Å². The molecule has 0 radical (unpaired) electrons. The smallest absolute Gasteiger partial charge is 0.222 e. The van der Waals surface area contributed by atoms with E-state index in [0.717, 1.165) is 57.8 Å². The van der Waals surface area contributed by atoms with Gasteiger partial charge in [0.15, 0.2) is 0 Å². The molecule has 1 saturated heterocycles. The van der Waals surface area contributed by atoms with E-state index in [0.29, 0.717) is 12.3 Å². The van der Waals surface area contributed by atoms with E-state index in [4.69, 9.17) is 0 Å². The molecular weight excluding hydrogens is 348 g/mol. The summed E-state index contributed by atoms with van der Waals surface area (Å²) < 4.78 is 1.17. The van der Waals surface area contributed by atoms with Crippen LogP contribution in [0.3, 0.4) is 0 Å². The molecule has 3 nitrogen and oxygen atoms in total. The van der Waals surface area contributed by atoms with E-state index < -0.39 is 0 Å². The number of nitrogens with one attached hydrogen (secondary N) is 1. The number of piperidine rings is 1. The summed E-state index contributed by atoms with van der Waals surface area (Å²) in [5, 5.41) is 3.41. The van der Waals surface area contributed by atoms with Crippen molar-refractivity contribution < 1.29 is 4.79 Å². The van der Waals surface area contributed by atoms with E-state index in [-0.39, 0.29) is 0 Å². The third kappa shape index (κ3) is 5.72. The van der Waals surface area contributed by atoms with Gasteiger partial charge in [-0.05, 0) is 72.8 Å². The van der Waals surface area contributed by atoms with Crippen LogP contribution in [0, 0.1) is 5.92 Å². The van der Waals surface area contributed by atoms with Crippen molar-refractivity contribution in [2.24, 2.45) is 5.92 Å². The fourth-order valence-electron chi connectivity index (χ4n) is 2.79. The number of likely N-dealkylation sites (tertiary alicyclic amines) is 1. The fraction of sp³-hybridized carbons (Fsp3) is 0.688. The summed E-state index contributed by atoms with van der Waals surface area (Å²) in [5.74, 6) is 1.09. The van der Waals surface area contributed by atoms with Gasteiger partial charge in [0, 0.05) is 24.4 Å². The minimum Gasteiger partial charge on any atom is -0.343 e. The molecule has 0 atom stereocenters. The van der Waals surface area contributed by atoms with E-state index in [1.165, 1.54) is 8.66 Å². The summed E-state index contributed by atoms with van der Waals surface area (Å²) in [4.78, 5) is 15.6. The summed E-state index contributed by atoms with van der Waals surface area (Å²) in [7, 11) is 0. The van der Waals surface area contributed by atoms with Crippen LogP contribution >= 0.6 is 27.3 Å². The molecular formula is C16H25BrN2OS. The number of halogens is 1. The van der Waals surface area contributed by atoms with Crippen molar-refractivity contribution in [3.63, 3.8) is 0 Å². The van der Waals surface area contributed by atoms with E-state index in [2.05, 4.69) is 45.2 Å². The van der Waals surface area contributed by atoms with E-state index in [1.54, 1.807) is 11.3 Å². The lowest BCUT2D eigenvalue weighted by Crippen LogP contribution is -2.40. The van der Waals surface area contributed by atoms with Crippen molar-refractivity contribution >= 4 is 33.2 Å². The Balaban J connectivity index is 1.63. The quantitative estimate of drug-likeness (QED) is 0.791. The molecule has 0 aliphatic carbocycles. The highest BCUT2D eigenvalue weighted by molar-refractivity contribution is 9.11. The molecule has 1 fully saturated rings. The number of nitrogens with zero attached hydrogens (tertiary/aromatic N) is 1. The van der Waals surface area contributed by atoms with Gasteiger partial charge in [0.05, 0.1) is 3.79 Å². The first-order chi connectivity index (χ1) is 10.2. The average molecular weight is 373 g/mol. The zero-order valence-electron chi connectivity index (χ0n) is 12.7. The van der Waals surface area contributed by atoms with Gasteiger partial charge in [-0.2, -0.15) is 0 Å². The molecule has 21 heavy (non-hydrogen) atoms. The topological polar surface area (TPSA) is 32.3 Å². The average Bonchev–Trinajstić information content (AvgIpc) is 2.91. The Kier molecular flexibility index (Phi) is 7.20. The number of carbonyl (C=O) groups is 1. The summed E-state index contributed by atoms with van der Waals surface area (Å²) in [6.07, 6.45) is 4.96. The highest BCUT2D eigenvalue weighted by atomic mass is 79.9. The maximum Gasteiger partial charge on any atom is 0.222 e. The van der Waals surface area contributed by atoms with Gasteiger partial charge in [0.25, 0.3) is 0 Å². The SMILES string of the molecule is CCNCC1CCN(C(=O)CCCc2ccc(Br)s2)CC1. The molecule has 1 aliphatic rings. The Bertz CT molecular complexity index is 441. The Morgan fingerprint density at radius 3 is 2.81 bits per heavy atom. The van der Waals surface area contributed by atoms with Crippen molar-refractivity contribution in [1.29, 1.82) is 0 Å². The minimum atomic E-state index is 0.340. The lowest BCUT2D eigenvalue weighted by molar-refractivity contribution is -0.132. The second-order valence-electron chi connectivity index (χ2n) is 5.69. The molecule has 0 saturated carbocycles. The molecule has 0 unspecified atom stereocenters. The second-order valence-corrected chi connectivity index (χ2v) is 8.24. The van der Waals surface area contributed by atoms with Gasteiger partial charge in [-0.3, -0.25) is 4.79 Å². The third-order valence-electron chi connectivity index (χ3n) is 4.09. The van der Waals surface area contributed by atoms with Gasteiger partial charge in [-0.25, -0.2) is 0 Å². The van der Waals surface area contributed by atoms with Crippen LogP contribution in [0.25, 0.3) is 0 Å². The molecule has 1 N–H and O–H groups in total. The van der Waals surface area contributed by atoms with Crippen LogP contribution in [0.1, 0.15) is 37.5 Å². The van der Waals surface area contributed by atoms with Crippen LogP contribution in [0.15, 0.2) is 15.9 Å². The lowest BCUT2D eigenvalue weighted by Gasteiger charge is -2.32. The first kappa shape index (κ1) is 17.0. The van der Waals surface area contributed by atoms with Crippen LogP contribution in [-0.2, 0) is 11.2 Å². The Hall–Kier alpha value is -0.390. The van der Waals surface area contributed by atoms with Gasteiger partial charge in [-0.1, -0.05) is 6.92 Å². The number of amides is 1. The second kappa shape index (κ2) is 8.91. The van der Waals surface area contributed by atoms with Gasteiger partial charge in [0.1, 0.15) is 0 Å². The predicted octanol–water partition coefficient (Wildman–Crippen LogP) is 3.68. The van der Waals surface area contributed by atoms with Crippen LogP contribution < -0.4 is 5.32 Å². The molecule has 2 rings (SSSR count). The Morgan fingerprint density at radius 2 is 2.19 bits per heavy atom. The summed E-state index contributed by atoms with van der Waals surface area (Å²) in [6, 6.07) is 4.22.